The van der Waals surface area contributed by atoms with Crippen molar-refractivity contribution in [1.82, 2.24) is 0 Å². The first-order valence-corrected chi connectivity index (χ1v) is 14.8. The molecule has 0 fully saturated rings. The highest BCUT2D eigenvalue weighted by Crippen LogP contribution is 2.46. The number of esters is 2. The van der Waals surface area contributed by atoms with Crippen LogP contribution in [0, 0.1) is 0 Å². The Morgan fingerprint density at radius 2 is 1.20 bits per heavy atom. The summed E-state index contributed by atoms with van der Waals surface area (Å²) in [6.07, 6.45) is 6.14. The zero-order valence-electron chi connectivity index (χ0n) is 24.2. The maximum absolute atomic E-state index is 13.6. The van der Waals surface area contributed by atoms with E-state index in [-0.39, 0.29) is 25.9 Å². The van der Waals surface area contributed by atoms with Gasteiger partial charge < -0.3 is 19.7 Å². The molecule has 0 atom stereocenters. The number of aromatic hydroxyl groups is 2. The lowest BCUT2D eigenvalue weighted by Crippen LogP contribution is -2.21. The summed E-state index contributed by atoms with van der Waals surface area (Å²) in [6.45, 7) is 5.69. The number of hydrogen-bond donors (Lipinski definition) is 2. The Bertz CT molecular complexity index is 1200. The van der Waals surface area contributed by atoms with Crippen LogP contribution in [-0.2, 0) is 16.1 Å². The number of rotatable bonds is 18. The molecule has 0 heterocycles. The molecule has 0 saturated carbocycles. The minimum atomic E-state index is -1.06. The van der Waals surface area contributed by atoms with Crippen molar-refractivity contribution in [1.29, 1.82) is 0 Å². The second-order valence-electron chi connectivity index (χ2n) is 10.0. The molecule has 224 valence electrons. The number of halogens is 1. The highest BCUT2D eigenvalue weighted by Gasteiger charge is 2.36. The van der Waals surface area contributed by atoms with E-state index in [1.54, 1.807) is 24.3 Å². The zero-order chi connectivity index (χ0) is 30.4. The van der Waals surface area contributed by atoms with Gasteiger partial charge in [0, 0.05) is 24.3 Å². The second-order valence-corrected chi connectivity index (χ2v) is 10.5. The predicted molar refractivity (Wildman–Crippen MR) is 157 cm³/mol. The van der Waals surface area contributed by atoms with Crippen LogP contribution in [0.15, 0.2) is 24.3 Å². The number of phenols is 2. The molecule has 0 aliphatic carbocycles. The summed E-state index contributed by atoms with van der Waals surface area (Å²) in [5.41, 5.74) is -0.849. The van der Waals surface area contributed by atoms with Crippen molar-refractivity contribution in [3.8, 4) is 17.2 Å². The Morgan fingerprint density at radius 1 is 0.683 bits per heavy atom. The molecule has 0 aliphatic rings. The van der Waals surface area contributed by atoms with Crippen LogP contribution in [0.5, 0.6) is 17.2 Å². The molecular formula is C32H41ClO8. The topological polar surface area (TPSA) is 127 Å². The fourth-order valence-electron chi connectivity index (χ4n) is 4.35. The summed E-state index contributed by atoms with van der Waals surface area (Å²) < 4.78 is 10.9. The third-order valence-electron chi connectivity index (χ3n) is 6.66. The van der Waals surface area contributed by atoms with Crippen molar-refractivity contribution >= 4 is 35.1 Å². The number of carbonyl (C=O) groups excluding carboxylic acids is 4. The van der Waals surface area contributed by atoms with Gasteiger partial charge in [0.05, 0.1) is 16.7 Å². The molecule has 0 aliphatic heterocycles. The first-order chi connectivity index (χ1) is 19.7. The van der Waals surface area contributed by atoms with Crippen LogP contribution < -0.4 is 4.74 Å². The molecule has 2 aromatic carbocycles. The highest BCUT2D eigenvalue weighted by atomic mass is 35.5. The lowest BCUT2D eigenvalue weighted by atomic mass is 9.89. The Morgan fingerprint density at radius 3 is 1.73 bits per heavy atom. The fraction of sp³-hybridized carbons (Fsp3) is 0.500. The smallest absolute Gasteiger partial charge is 0.340 e. The summed E-state index contributed by atoms with van der Waals surface area (Å²) in [6, 6.07) is 6.55. The second kappa shape index (κ2) is 17.4. The summed E-state index contributed by atoms with van der Waals surface area (Å²) >= 11 is 5.94. The molecule has 0 amide bonds. The van der Waals surface area contributed by atoms with E-state index in [2.05, 4.69) is 0 Å². The van der Waals surface area contributed by atoms with Crippen molar-refractivity contribution in [2.24, 2.45) is 0 Å². The first-order valence-electron chi connectivity index (χ1n) is 14.5. The first kappa shape index (κ1) is 33.8. The van der Waals surface area contributed by atoms with Gasteiger partial charge in [0.15, 0.2) is 23.1 Å². The van der Waals surface area contributed by atoms with Gasteiger partial charge in [-0.2, -0.15) is 0 Å². The molecule has 0 bridgehead atoms. The maximum atomic E-state index is 13.6. The number of unbranched alkanes of at least 4 members (excludes halogenated alkanes) is 6. The molecule has 2 rings (SSSR count). The van der Waals surface area contributed by atoms with Gasteiger partial charge in [0.1, 0.15) is 6.61 Å². The average molecular weight is 589 g/mol. The van der Waals surface area contributed by atoms with Crippen LogP contribution in [0.3, 0.4) is 0 Å². The van der Waals surface area contributed by atoms with Crippen molar-refractivity contribution in [3.63, 3.8) is 0 Å². The van der Waals surface area contributed by atoms with E-state index in [1.165, 1.54) is 0 Å². The zero-order valence-corrected chi connectivity index (χ0v) is 25.0. The van der Waals surface area contributed by atoms with E-state index in [0.717, 1.165) is 38.5 Å². The number of ether oxygens (including phenoxy) is 2. The van der Waals surface area contributed by atoms with Crippen LogP contribution >= 0.6 is 11.6 Å². The molecule has 0 spiro atoms. The van der Waals surface area contributed by atoms with Gasteiger partial charge in [-0.1, -0.05) is 83.0 Å². The number of benzene rings is 2. The molecule has 8 nitrogen and oxygen atoms in total. The Hall–Kier alpha value is -3.39. The largest absolute Gasteiger partial charge is 0.504 e. The summed E-state index contributed by atoms with van der Waals surface area (Å²) in [5, 5.41) is 22.5. The van der Waals surface area contributed by atoms with Crippen LogP contribution in [0.4, 0.5) is 0 Å². The monoisotopic (exact) mass is 588 g/mol. The Labute approximate surface area is 247 Å². The van der Waals surface area contributed by atoms with E-state index in [9.17, 15) is 29.4 Å². The fourth-order valence-corrected chi connectivity index (χ4v) is 4.48. The van der Waals surface area contributed by atoms with Gasteiger partial charge in [-0.3, -0.25) is 14.4 Å². The van der Waals surface area contributed by atoms with Crippen molar-refractivity contribution in [2.45, 2.75) is 104 Å². The third-order valence-corrected chi connectivity index (χ3v) is 6.92. The van der Waals surface area contributed by atoms with Gasteiger partial charge in [0.25, 0.3) is 0 Å². The Balaban J connectivity index is 2.68. The highest BCUT2D eigenvalue weighted by molar-refractivity contribution is 6.30. The SMILES string of the molecule is CCCCCC(=O)Oc1c(O)c(O)c(C(=O)CCCCC)c(C(=O)OCc2ccc(Cl)cc2)c1C(=O)CCCCC. The standard InChI is InChI=1S/C32H41ClO8/c1-4-7-10-13-23(34)26-28(32(39)40-20-21-16-18-22(33)19-17-21)27(24(35)14-11-8-5-2)31(30(38)29(26)37)41-25(36)15-12-9-6-3/h16-19,37-38H,4-15,20H2,1-3H3. The normalized spacial score (nSPS) is 10.8. The van der Waals surface area contributed by atoms with Crippen LogP contribution in [0.2, 0.25) is 5.02 Å². The van der Waals surface area contributed by atoms with E-state index in [1.807, 2.05) is 20.8 Å². The van der Waals surface area contributed by atoms with Crippen molar-refractivity contribution in [2.75, 3.05) is 0 Å². The van der Waals surface area contributed by atoms with Gasteiger partial charge in [0.2, 0.25) is 5.75 Å². The Kier molecular flexibility index (Phi) is 14.4. The van der Waals surface area contributed by atoms with Gasteiger partial charge in [-0.25, -0.2) is 4.79 Å². The molecule has 41 heavy (non-hydrogen) atoms. The maximum Gasteiger partial charge on any atom is 0.340 e. The number of Topliss-reactive ketones (excluding diaryl/α,β-unsaturated/α-hetero) is 2. The molecular weight excluding hydrogens is 548 g/mol. The predicted octanol–water partition coefficient (Wildman–Crippen LogP) is 8.12. The van der Waals surface area contributed by atoms with Crippen molar-refractivity contribution < 1.29 is 38.9 Å². The lowest BCUT2D eigenvalue weighted by molar-refractivity contribution is -0.134. The molecule has 0 saturated heterocycles. The van der Waals surface area contributed by atoms with E-state index >= 15 is 0 Å². The van der Waals surface area contributed by atoms with Gasteiger partial charge in [-0.05, 0) is 37.0 Å². The van der Waals surface area contributed by atoms with Crippen LogP contribution in [-0.4, -0.2) is 33.7 Å². The summed E-state index contributed by atoms with van der Waals surface area (Å²) in [7, 11) is 0. The quantitative estimate of drug-likeness (QED) is 0.0587. The minimum absolute atomic E-state index is 0.00551. The number of carbonyl (C=O) groups is 4. The minimum Gasteiger partial charge on any atom is -0.504 e. The number of ketones is 2. The van der Waals surface area contributed by atoms with E-state index in [4.69, 9.17) is 21.1 Å². The molecule has 2 N–H and O–H groups in total. The molecule has 0 radical (unpaired) electrons. The van der Waals surface area contributed by atoms with Gasteiger partial charge >= 0.3 is 11.9 Å². The van der Waals surface area contributed by atoms with Crippen molar-refractivity contribution in [3.05, 3.63) is 51.5 Å². The summed E-state index contributed by atoms with van der Waals surface area (Å²) in [5.74, 6) is -5.52. The van der Waals surface area contributed by atoms with Crippen LogP contribution in [0.25, 0.3) is 0 Å². The summed E-state index contributed by atoms with van der Waals surface area (Å²) in [4.78, 5) is 53.3. The van der Waals surface area contributed by atoms with Gasteiger partial charge in [-0.15, -0.1) is 0 Å². The van der Waals surface area contributed by atoms with Crippen LogP contribution in [0.1, 0.15) is 134 Å². The average Bonchev–Trinajstić information content (AvgIpc) is 2.95. The number of phenolic OH excluding ortho intramolecular Hbond substituents is 2. The van der Waals surface area contributed by atoms with E-state index < -0.39 is 57.4 Å². The molecule has 2 aromatic rings. The number of hydrogen-bond acceptors (Lipinski definition) is 8. The molecule has 9 heteroatoms. The van der Waals surface area contributed by atoms with E-state index in [0.29, 0.717) is 29.8 Å². The lowest BCUT2D eigenvalue weighted by Gasteiger charge is -2.20. The third kappa shape index (κ3) is 9.88. The molecule has 0 unspecified atom stereocenters. The molecule has 0 aromatic heterocycles.